The zero-order valence-electron chi connectivity index (χ0n) is 7.01. The predicted molar refractivity (Wildman–Crippen MR) is 49.1 cm³/mol. The summed E-state index contributed by atoms with van der Waals surface area (Å²) in [4.78, 5) is 8.11. The molecule has 0 amide bonds. The van der Waals surface area contributed by atoms with Crippen molar-refractivity contribution >= 4 is 12.2 Å². The van der Waals surface area contributed by atoms with Gasteiger partial charge in [0.1, 0.15) is 18.8 Å². The van der Waals surface area contributed by atoms with Gasteiger partial charge in [0.05, 0.1) is 6.61 Å². The summed E-state index contributed by atoms with van der Waals surface area (Å²) in [6.07, 6.45) is 3.33. The fraction of sp³-hybridized carbons (Fsp3) is 0.250. The summed E-state index contributed by atoms with van der Waals surface area (Å²) < 4.78 is 0. The number of hydrogen-bond donors (Lipinski definition) is 2. The summed E-state index contributed by atoms with van der Waals surface area (Å²) in [6.45, 7) is 0.603. The number of nitrogens with zero attached hydrogens (tertiary/aromatic N) is 3. The number of aliphatic hydroxyl groups excluding tert-OH is 1. The Kier molecular flexibility index (Phi) is 2.20. The summed E-state index contributed by atoms with van der Waals surface area (Å²) in [6, 6.07) is 3.58. The third-order valence-corrected chi connectivity index (χ3v) is 1.77. The van der Waals surface area contributed by atoms with E-state index in [4.69, 9.17) is 5.11 Å². The number of aliphatic hydroxyl groups is 1. The van der Waals surface area contributed by atoms with Crippen LogP contribution in [-0.2, 0) is 6.61 Å². The predicted octanol–water partition coefficient (Wildman–Crippen LogP) is -0.116. The average Bonchev–Trinajstić information content (AvgIpc) is 2.71. The first kappa shape index (κ1) is 8.15. The Balaban J connectivity index is 2.24. The molecule has 68 valence electrons. The normalized spacial score (nSPS) is 15.3. The van der Waals surface area contributed by atoms with Crippen molar-refractivity contribution in [2.75, 3.05) is 11.7 Å². The second kappa shape index (κ2) is 3.51. The maximum atomic E-state index is 8.90. The van der Waals surface area contributed by atoms with Crippen molar-refractivity contribution in [3.63, 3.8) is 0 Å². The van der Waals surface area contributed by atoms with Crippen LogP contribution in [0, 0.1) is 0 Å². The van der Waals surface area contributed by atoms with E-state index in [1.807, 2.05) is 6.07 Å². The highest BCUT2D eigenvalue weighted by atomic mass is 16.3. The van der Waals surface area contributed by atoms with Gasteiger partial charge in [0.15, 0.2) is 0 Å². The molecule has 0 unspecified atom stereocenters. The van der Waals surface area contributed by atoms with Gasteiger partial charge in [0.25, 0.3) is 0 Å². The number of anilines is 1. The first-order chi connectivity index (χ1) is 6.40. The van der Waals surface area contributed by atoms with Crippen LogP contribution in [0.1, 0.15) is 5.56 Å². The highest BCUT2D eigenvalue weighted by Crippen LogP contribution is 2.10. The zero-order chi connectivity index (χ0) is 9.10. The van der Waals surface area contributed by atoms with Crippen LogP contribution >= 0.6 is 0 Å². The lowest BCUT2D eigenvalue weighted by Gasteiger charge is -2.13. The molecule has 0 saturated heterocycles. The molecule has 5 nitrogen and oxygen atoms in total. The Morgan fingerprint density at radius 3 is 3.23 bits per heavy atom. The molecular weight excluding hydrogens is 168 g/mol. The van der Waals surface area contributed by atoms with E-state index < -0.39 is 0 Å². The van der Waals surface area contributed by atoms with Crippen LogP contribution in [0.3, 0.4) is 0 Å². The van der Waals surface area contributed by atoms with Crippen LogP contribution in [0.15, 0.2) is 23.3 Å². The fourth-order valence-electron chi connectivity index (χ4n) is 1.11. The van der Waals surface area contributed by atoms with Crippen molar-refractivity contribution in [2.24, 2.45) is 4.99 Å². The van der Waals surface area contributed by atoms with Crippen molar-refractivity contribution in [1.82, 2.24) is 10.4 Å². The lowest BCUT2D eigenvalue weighted by atomic mass is 10.3. The van der Waals surface area contributed by atoms with Gasteiger partial charge < -0.3 is 5.11 Å². The maximum absolute atomic E-state index is 8.90. The molecule has 0 bridgehead atoms. The molecule has 0 atom stereocenters. The van der Waals surface area contributed by atoms with Crippen LogP contribution < -0.4 is 10.4 Å². The Morgan fingerprint density at radius 2 is 2.54 bits per heavy atom. The minimum absolute atomic E-state index is 0.0283. The monoisotopic (exact) mass is 178 g/mol. The van der Waals surface area contributed by atoms with Crippen LogP contribution in [0.2, 0.25) is 0 Å². The molecule has 2 N–H and O–H groups in total. The highest BCUT2D eigenvalue weighted by Gasteiger charge is 2.08. The molecule has 2 rings (SSSR count). The lowest BCUT2D eigenvalue weighted by Crippen LogP contribution is -2.31. The number of nitrogens with one attached hydrogen (secondary N) is 1. The quantitative estimate of drug-likeness (QED) is 0.663. The molecule has 0 aliphatic carbocycles. The fourth-order valence-corrected chi connectivity index (χ4v) is 1.11. The molecule has 0 saturated carbocycles. The van der Waals surface area contributed by atoms with Gasteiger partial charge in [-0.05, 0) is 17.7 Å². The Bertz CT molecular complexity index is 326. The molecule has 1 aromatic rings. The second-order valence-electron chi connectivity index (χ2n) is 2.66. The van der Waals surface area contributed by atoms with Gasteiger partial charge in [-0.2, -0.15) is 0 Å². The largest absolute Gasteiger partial charge is 0.392 e. The van der Waals surface area contributed by atoms with Crippen molar-refractivity contribution in [3.8, 4) is 0 Å². The first-order valence-electron chi connectivity index (χ1n) is 3.98. The number of aliphatic imine (C=N–C) groups is 1. The summed E-state index contributed by atoms with van der Waals surface area (Å²) in [5.41, 5.74) is 3.83. The molecule has 0 spiro atoms. The average molecular weight is 178 g/mol. The first-order valence-corrected chi connectivity index (χ1v) is 3.98. The standard InChI is InChI=1S/C8H10N4O/c13-4-7-1-2-10-8(3-7)12-6-9-5-11-12/h1-3,6,11,13H,4-5H2. The second-order valence-corrected chi connectivity index (χ2v) is 2.66. The molecule has 0 aromatic carbocycles. The third-order valence-electron chi connectivity index (χ3n) is 1.77. The van der Waals surface area contributed by atoms with E-state index in [0.717, 1.165) is 11.4 Å². The zero-order valence-corrected chi connectivity index (χ0v) is 7.01. The Labute approximate surface area is 75.7 Å². The molecule has 0 radical (unpaired) electrons. The van der Waals surface area contributed by atoms with Crippen LogP contribution in [0.4, 0.5) is 5.82 Å². The smallest absolute Gasteiger partial charge is 0.148 e. The van der Waals surface area contributed by atoms with Gasteiger partial charge in [-0.1, -0.05) is 0 Å². The molecule has 1 aliphatic rings. The molecular formula is C8H10N4O. The van der Waals surface area contributed by atoms with Crippen molar-refractivity contribution < 1.29 is 5.11 Å². The van der Waals surface area contributed by atoms with Gasteiger partial charge in [0.2, 0.25) is 0 Å². The third kappa shape index (κ3) is 1.66. The van der Waals surface area contributed by atoms with Gasteiger partial charge in [0, 0.05) is 6.20 Å². The van der Waals surface area contributed by atoms with Gasteiger partial charge in [-0.3, -0.25) is 4.99 Å². The molecule has 1 aliphatic heterocycles. The summed E-state index contributed by atoms with van der Waals surface area (Å²) >= 11 is 0. The number of hydrogen-bond acceptors (Lipinski definition) is 5. The summed E-state index contributed by atoms with van der Waals surface area (Å²) in [7, 11) is 0. The maximum Gasteiger partial charge on any atom is 0.148 e. The number of hydrazine groups is 1. The number of rotatable bonds is 2. The molecule has 5 heteroatoms. The lowest BCUT2D eigenvalue weighted by molar-refractivity contribution is 0.281. The van der Waals surface area contributed by atoms with Crippen LogP contribution in [0.5, 0.6) is 0 Å². The van der Waals surface area contributed by atoms with E-state index in [9.17, 15) is 0 Å². The number of pyridine rings is 1. The molecule has 0 fully saturated rings. The van der Waals surface area contributed by atoms with Gasteiger partial charge >= 0.3 is 0 Å². The van der Waals surface area contributed by atoms with Crippen LogP contribution in [-0.4, -0.2) is 23.1 Å². The van der Waals surface area contributed by atoms with E-state index in [0.29, 0.717) is 6.67 Å². The molecule has 2 heterocycles. The van der Waals surface area contributed by atoms with Gasteiger partial charge in [-0.15, -0.1) is 0 Å². The summed E-state index contributed by atoms with van der Waals surface area (Å²) in [5, 5.41) is 10.6. The summed E-state index contributed by atoms with van der Waals surface area (Å²) in [5.74, 6) is 0.743. The topological polar surface area (TPSA) is 60.8 Å². The van der Waals surface area contributed by atoms with E-state index in [2.05, 4.69) is 15.4 Å². The van der Waals surface area contributed by atoms with E-state index in [-0.39, 0.29) is 6.61 Å². The van der Waals surface area contributed by atoms with Crippen LogP contribution in [0.25, 0.3) is 0 Å². The van der Waals surface area contributed by atoms with Crippen molar-refractivity contribution in [3.05, 3.63) is 23.9 Å². The van der Waals surface area contributed by atoms with Crippen molar-refractivity contribution in [1.29, 1.82) is 0 Å². The van der Waals surface area contributed by atoms with Crippen molar-refractivity contribution in [2.45, 2.75) is 6.61 Å². The molecule has 1 aromatic heterocycles. The highest BCUT2D eigenvalue weighted by molar-refractivity contribution is 5.77. The minimum atomic E-state index is 0.0283. The molecule has 13 heavy (non-hydrogen) atoms. The Hall–Kier alpha value is -1.46. The minimum Gasteiger partial charge on any atom is -0.392 e. The SMILES string of the molecule is OCc1ccnc(N2C=NCN2)c1. The van der Waals surface area contributed by atoms with E-state index in [1.54, 1.807) is 23.6 Å². The van der Waals surface area contributed by atoms with E-state index in [1.165, 1.54) is 0 Å². The van der Waals surface area contributed by atoms with E-state index >= 15 is 0 Å². The number of aromatic nitrogens is 1. The van der Waals surface area contributed by atoms with Gasteiger partial charge in [-0.25, -0.2) is 15.4 Å². The Morgan fingerprint density at radius 1 is 1.62 bits per heavy atom.